The van der Waals surface area contributed by atoms with Crippen molar-refractivity contribution >= 4 is 17.5 Å². The Hall–Kier alpha value is -3.12. The number of hydrogen-bond donors (Lipinski definition) is 1. The van der Waals surface area contributed by atoms with Crippen LogP contribution >= 0.6 is 11.6 Å². The van der Waals surface area contributed by atoms with Crippen molar-refractivity contribution in [3.05, 3.63) is 97.8 Å². The molecule has 1 aromatic heterocycles. The lowest BCUT2D eigenvalue weighted by atomic mass is 10.2. The summed E-state index contributed by atoms with van der Waals surface area (Å²) >= 11 is 5.82. The molecule has 0 radical (unpaired) electrons. The lowest BCUT2D eigenvalue weighted by molar-refractivity contribution is -0.121. The van der Waals surface area contributed by atoms with Crippen LogP contribution in [-0.2, 0) is 17.9 Å². The van der Waals surface area contributed by atoms with E-state index in [-0.39, 0.29) is 12.5 Å². The molecule has 1 N–H and O–H groups in total. The zero-order valence-corrected chi connectivity index (χ0v) is 15.4. The zero-order valence-electron chi connectivity index (χ0n) is 14.7. The Morgan fingerprint density at radius 1 is 1.00 bits per heavy atom. The van der Waals surface area contributed by atoms with Gasteiger partial charge in [-0.05, 0) is 36.2 Å². The Morgan fingerprint density at radius 2 is 1.70 bits per heavy atom. The van der Waals surface area contributed by atoms with Gasteiger partial charge in [0, 0.05) is 24.0 Å². The topological polar surface area (TPSA) is 73.1 Å². The first-order chi connectivity index (χ1) is 13.0. The van der Waals surface area contributed by atoms with E-state index in [2.05, 4.69) is 5.32 Å². The molecule has 0 unspecified atom stereocenters. The van der Waals surface area contributed by atoms with Gasteiger partial charge in [-0.25, -0.2) is 0 Å². The summed E-state index contributed by atoms with van der Waals surface area (Å²) in [5, 5.41) is 3.33. The molecule has 0 bridgehead atoms. The summed E-state index contributed by atoms with van der Waals surface area (Å²) in [5.41, 5.74) is 0.950. The van der Waals surface area contributed by atoms with E-state index in [9.17, 15) is 14.4 Å². The fraction of sp³-hybridized carbons (Fsp3) is 0.150. The second-order valence-electron chi connectivity index (χ2n) is 6.10. The van der Waals surface area contributed by atoms with Crippen LogP contribution in [0.3, 0.4) is 0 Å². The van der Waals surface area contributed by atoms with Crippen LogP contribution in [0.4, 0.5) is 0 Å². The number of aryl methyl sites for hydroxylation is 1. The normalized spacial score (nSPS) is 10.6. The highest BCUT2D eigenvalue weighted by Gasteiger charge is 2.11. The minimum atomic E-state index is -0.748. The highest BCUT2D eigenvalue weighted by atomic mass is 35.5. The number of nitrogens with zero attached hydrogens (tertiary/aromatic N) is 2. The molecule has 0 aliphatic rings. The Balaban J connectivity index is 1.74. The van der Waals surface area contributed by atoms with Crippen LogP contribution in [0.15, 0.2) is 70.5 Å². The van der Waals surface area contributed by atoms with E-state index >= 15 is 0 Å². The largest absolute Gasteiger partial charge is 0.350 e. The summed E-state index contributed by atoms with van der Waals surface area (Å²) in [5.74, 6) is -0.361. The molecule has 0 atom stereocenters. The molecule has 0 spiro atoms. The monoisotopic (exact) mass is 383 g/mol. The van der Waals surface area contributed by atoms with E-state index in [1.165, 1.54) is 17.0 Å². The molecule has 0 aliphatic carbocycles. The minimum absolute atomic E-state index is 0.226. The second kappa shape index (κ2) is 8.05. The number of rotatable bonds is 5. The average Bonchev–Trinajstić information content (AvgIpc) is 2.66. The van der Waals surface area contributed by atoms with Crippen molar-refractivity contribution in [1.29, 1.82) is 0 Å². The van der Waals surface area contributed by atoms with Gasteiger partial charge in [-0.1, -0.05) is 41.9 Å². The van der Waals surface area contributed by atoms with Gasteiger partial charge in [-0.2, -0.15) is 0 Å². The minimum Gasteiger partial charge on any atom is -0.350 e. The lowest BCUT2D eigenvalue weighted by Gasteiger charge is -2.11. The maximum atomic E-state index is 12.4. The van der Waals surface area contributed by atoms with Crippen molar-refractivity contribution in [3.63, 3.8) is 0 Å². The summed E-state index contributed by atoms with van der Waals surface area (Å²) < 4.78 is 2.40. The van der Waals surface area contributed by atoms with E-state index in [0.29, 0.717) is 17.3 Å². The number of nitrogens with one attached hydrogen (secondary N) is 1. The van der Waals surface area contributed by atoms with E-state index in [0.717, 1.165) is 15.7 Å². The average molecular weight is 384 g/mol. The highest BCUT2D eigenvalue weighted by Crippen LogP contribution is 2.10. The van der Waals surface area contributed by atoms with Crippen molar-refractivity contribution in [3.8, 4) is 5.69 Å². The third kappa shape index (κ3) is 4.35. The van der Waals surface area contributed by atoms with Gasteiger partial charge in [0.05, 0.1) is 5.69 Å². The standard InChI is InChI=1S/C20H18ClN3O3/c1-14-4-2-3-5-17(14)24-11-10-23(19(26)20(24)27)13-18(25)22-12-15-6-8-16(21)9-7-15/h2-11H,12-13H2,1H3,(H,22,25). The van der Waals surface area contributed by atoms with Crippen LogP contribution in [0, 0.1) is 6.92 Å². The number of halogens is 1. The zero-order chi connectivity index (χ0) is 19.4. The molecule has 138 valence electrons. The number of carbonyl (C=O) groups excluding carboxylic acids is 1. The fourth-order valence-corrected chi connectivity index (χ4v) is 2.80. The smallest absolute Gasteiger partial charge is 0.320 e. The first-order valence-electron chi connectivity index (χ1n) is 8.35. The van der Waals surface area contributed by atoms with E-state index in [1.807, 2.05) is 19.1 Å². The maximum Gasteiger partial charge on any atom is 0.320 e. The Bertz CT molecular complexity index is 1080. The molecule has 1 amide bonds. The lowest BCUT2D eigenvalue weighted by Crippen LogP contribution is -2.42. The van der Waals surface area contributed by atoms with Crippen molar-refractivity contribution < 1.29 is 4.79 Å². The number of aromatic nitrogens is 2. The summed E-state index contributed by atoms with van der Waals surface area (Å²) in [4.78, 5) is 36.9. The number of hydrogen-bond acceptors (Lipinski definition) is 3. The molecule has 3 aromatic rings. The summed E-state index contributed by atoms with van der Waals surface area (Å²) in [6.07, 6.45) is 2.94. The van der Waals surface area contributed by atoms with Crippen molar-refractivity contribution in [1.82, 2.24) is 14.5 Å². The third-order valence-corrected chi connectivity index (χ3v) is 4.40. The first kappa shape index (κ1) is 18.7. The van der Waals surface area contributed by atoms with Crippen LogP contribution in [-0.4, -0.2) is 15.0 Å². The van der Waals surface area contributed by atoms with Crippen molar-refractivity contribution in [2.45, 2.75) is 20.0 Å². The molecular formula is C20H18ClN3O3. The molecule has 0 fully saturated rings. The summed E-state index contributed by atoms with van der Waals surface area (Å²) in [6.45, 7) is 1.94. The quantitative estimate of drug-likeness (QED) is 0.687. The molecular weight excluding hydrogens is 366 g/mol. The Kier molecular flexibility index (Phi) is 5.57. The molecule has 1 heterocycles. The van der Waals surface area contributed by atoms with E-state index < -0.39 is 11.1 Å². The fourth-order valence-electron chi connectivity index (χ4n) is 2.67. The SMILES string of the molecule is Cc1ccccc1-n1ccn(CC(=O)NCc2ccc(Cl)cc2)c(=O)c1=O. The Morgan fingerprint density at radius 3 is 2.41 bits per heavy atom. The van der Waals surface area contributed by atoms with Gasteiger partial charge in [-0.15, -0.1) is 0 Å². The number of para-hydroxylation sites is 1. The summed E-state index contributed by atoms with van der Waals surface area (Å²) in [6, 6.07) is 14.4. The van der Waals surface area contributed by atoms with Crippen molar-refractivity contribution in [2.75, 3.05) is 0 Å². The van der Waals surface area contributed by atoms with Crippen LogP contribution in [0.1, 0.15) is 11.1 Å². The first-order valence-corrected chi connectivity index (χ1v) is 8.73. The van der Waals surface area contributed by atoms with Crippen LogP contribution in [0.5, 0.6) is 0 Å². The molecule has 7 heteroatoms. The number of benzene rings is 2. The maximum absolute atomic E-state index is 12.4. The summed E-state index contributed by atoms with van der Waals surface area (Å²) in [7, 11) is 0. The highest BCUT2D eigenvalue weighted by molar-refractivity contribution is 6.30. The number of carbonyl (C=O) groups is 1. The molecule has 3 rings (SSSR count). The Labute approximate surface area is 160 Å². The van der Waals surface area contributed by atoms with Gasteiger partial charge >= 0.3 is 11.1 Å². The number of amides is 1. The predicted molar refractivity (Wildman–Crippen MR) is 104 cm³/mol. The van der Waals surface area contributed by atoms with Gasteiger partial charge in [0.1, 0.15) is 6.54 Å². The van der Waals surface area contributed by atoms with Crippen LogP contribution in [0.2, 0.25) is 5.02 Å². The molecule has 2 aromatic carbocycles. The molecule has 0 saturated heterocycles. The van der Waals surface area contributed by atoms with Gasteiger partial charge in [0.15, 0.2) is 0 Å². The van der Waals surface area contributed by atoms with Gasteiger partial charge in [0.25, 0.3) is 0 Å². The van der Waals surface area contributed by atoms with E-state index in [1.54, 1.807) is 36.4 Å². The van der Waals surface area contributed by atoms with Gasteiger partial charge in [0.2, 0.25) is 5.91 Å². The van der Waals surface area contributed by atoms with Gasteiger partial charge < -0.3 is 5.32 Å². The van der Waals surface area contributed by atoms with Crippen molar-refractivity contribution in [2.24, 2.45) is 0 Å². The molecule has 27 heavy (non-hydrogen) atoms. The predicted octanol–water partition coefficient (Wildman–Crippen LogP) is 2.28. The van der Waals surface area contributed by atoms with Gasteiger partial charge in [-0.3, -0.25) is 23.5 Å². The molecule has 0 aliphatic heterocycles. The van der Waals surface area contributed by atoms with E-state index in [4.69, 9.17) is 11.6 Å². The third-order valence-electron chi connectivity index (χ3n) is 4.15. The molecule has 6 nitrogen and oxygen atoms in total. The van der Waals surface area contributed by atoms with Crippen LogP contribution < -0.4 is 16.4 Å². The molecule has 0 saturated carbocycles. The van der Waals surface area contributed by atoms with Crippen LogP contribution in [0.25, 0.3) is 5.69 Å². The second-order valence-corrected chi connectivity index (χ2v) is 6.53.